The van der Waals surface area contributed by atoms with E-state index in [1.807, 2.05) is 13.1 Å². The van der Waals surface area contributed by atoms with Crippen molar-refractivity contribution in [1.82, 2.24) is 15.1 Å². The zero-order valence-corrected chi connectivity index (χ0v) is 20.7. The van der Waals surface area contributed by atoms with E-state index in [4.69, 9.17) is 14.2 Å². The maximum atomic E-state index is 6.12. The number of aliphatic imine (C=N–C) groups is 1. The molecule has 32 heavy (non-hydrogen) atoms. The lowest BCUT2D eigenvalue weighted by Gasteiger charge is -2.36. The molecule has 0 radical (unpaired) electrons. The number of morpholine rings is 1. The summed E-state index contributed by atoms with van der Waals surface area (Å²) >= 11 is 0. The van der Waals surface area contributed by atoms with Crippen LogP contribution in [0.15, 0.2) is 53.5 Å². The number of benzene rings is 2. The third-order valence-electron chi connectivity index (χ3n) is 6.29. The molecule has 2 unspecified atom stereocenters. The average Bonchev–Trinajstić information content (AvgIpc) is 3.44. The van der Waals surface area contributed by atoms with Gasteiger partial charge in [0.15, 0.2) is 17.5 Å². The highest BCUT2D eigenvalue weighted by molar-refractivity contribution is 14.0. The summed E-state index contributed by atoms with van der Waals surface area (Å²) in [7, 11) is 1.85. The van der Waals surface area contributed by atoms with Gasteiger partial charge in [-0.2, -0.15) is 0 Å². The summed E-state index contributed by atoms with van der Waals surface area (Å²) in [4.78, 5) is 9.43. The maximum absolute atomic E-state index is 6.12. The number of fused-ring (bicyclic) bond motifs is 2. The molecule has 3 heterocycles. The average molecular weight is 550 g/mol. The van der Waals surface area contributed by atoms with Crippen molar-refractivity contribution in [3.8, 4) is 11.5 Å². The number of hydrogen-bond acceptors (Lipinski definition) is 5. The van der Waals surface area contributed by atoms with Gasteiger partial charge in [0.1, 0.15) is 0 Å². The van der Waals surface area contributed by atoms with Crippen molar-refractivity contribution < 1.29 is 14.2 Å². The molecule has 2 aromatic carbocycles. The fraction of sp³-hybridized carbons (Fsp3) is 0.458. The summed E-state index contributed by atoms with van der Waals surface area (Å²) in [6.45, 7) is 5.66. The van der Waals surface area contributed by atoms with Gasteiger partial charge in [-0.05, 0) is 29.7 Å². The molecule has 0 bridgehead atoms. The molecule has 5 rings (SSSR count). The maximum Gasteiger partial charge on any atom is 0.231 e. The Morgan fingerprint density at radius 3 is 2.75 bits per heavy atom. The van der Waals surface area contributed by atoms with Crippen LogP contribution in [0.2, 0.25) is 0 Å². The number of halogens is 1. The van der Waals surface area contributed by atoms with Crippen molar-refractivity contribution >= 4 is 29.9 Å². The van der Waals surface area contributed by atoms with Crippen LogP contribution in [0.3, 0.4) is 0 Å². The highest BCUT2D eigenvalue weighted by Crippen LogP contribution is 2.32. The Hall–Kier alpha value is -2.04. The summed E-state index contributed by atoms with van der Waals surface area (Å²) in [5.74, 6) is 2.60. The van der Waals surface area contributed by atoms with Crippen LogP contribution >= 0.6 is 24.0 Å². The first-order valence-electron chi connectivity index (χ1n) is 11.0. The molecular formula is C24H31IN4O3. The van der Waals surface area contributed by atoms with Gasteiger partial charge >= 0.3 is 0 Å². The minimum absolute atomic E-state index is 0. The summed E-state index contributed by atoms with van der Waals surface area (Å²) < 4.78 is 17.0. The first-order chi connectivity index (χ1) is 15.3. The van der Waals surface area contributed by atoms with Gasteiger partial charge in [-0.3, -0.25) is 9.89 Å². The molecule has 2 atom stereocenters. The lowest BCUT2D eigenvalue weighted by molar-refractivity contribution is -0.0502. The molecule has 0 aromatic heterocycles. The van der Waals surface area contributed by atoms with E-state index in [1.165, 1.54) is 11.1 Å². The quantitative estimate of drug-likeness (QED) is 0.351. The molecule has 172 valence electrons. The molecule has 3 aliphatic rings. The van der Waals surface area contributed by atoms with Crippen LogP contribution < -0.4 is 14.8 Å². The van der Waals surface area contributed by atoms with Gasteiger partial charge in [0.2, 0.25) is 6.79 Å². The van der Waals surface area contributed by atoms with Crippen molar-refractivity contribution in [1.29, 1.82) is 0 Å². The zero-order valence-electron chi connectivity index (χ0n) is 18.4. The van der Waals surface area contributed by atoms with Crippen LogP contribution in [0, 0.1) is 0 Å². The Morgan fingerprint density at radius 1 is 1.06 bits per heavy atom. The van der Waals surface area contributed by atoms with Crippen LogP contribution in [0.1, 0.15) is 11.1 Å². The predicted molar refractivity (Wildman–Crippen MR) is 135 cm³/mol. The fourth-order valence-electron chi connectivity index (χ4n) is 4.69. The van der Waals surface area contributed by atoms with E-state index < -0.39 is 0 Å². The van der Waals surface area contributed by atoms with E-state index in [0.717, 1.165) is 63.2 Å². The molecular weight excluding hydrogens is 519 g/mol. The van der Waals surface area contributed by atoms with Gasteiger partial charge in [0.05, 0.1) is 18.8 Å². The summed E-state index contributed by atoms with van der Waals surface area (Å²) in [6, 6.07) is 17.2. The van der Waals surface area contributed by atoms with Gasteiger partial charge < -0.3 is 24.4 Å². The molecule has 1 N–H and O–H groups in total. The SMILES string of the molecule is CN=C(NCCc1ccc2c(c1)OCO2)N1CC2OCCN(Cc3ccccc3)C2C1.I. The number of likely N-dealkylation sites (tertiary alicyclic amines) is 1. The van der Waals surface area contributed by atoms with Crippen molar-refractivity contribution in [2.45, 2.75) is 25.1 Å². The highest BCUT2D eigenvalue weighted by atomic mass is 127. The molecule has 2 saturated heterocycles. The molecule has 0 saturated carbocycles. The molecule has 7 nitrogen and oxygen atoms in total. The number of hydrogen-bond donors (Lipinski definition) is 1. The Kier molecular flexibility index (Phi) is 7.75. The van der Waals surface area contributed by atoms with Gasteiger partial charge in [-0.1, -0.05) is 36.4 Å². The summed E-state index contributed by atoms with van der Waals surface area (Å²) in [5, 5.41) is 3.53. The van der Waals surface area contributed by atoms with Crippen LogP contribution in [0.4, 0.5) is 0 Å². The van der Waals surface area contributed by atoms with Crippen molar-refractivity contribution in [2.24, 2.45) is 4.99 Å². The van der Waals surface area contributed by atoms with E-state index in [2.05, 4.69) is 62.6 Å². The van der Waals surface area contributed by atoms with E-state index in [-0.39, 0.29) is 30.1 Å². The number of ether oxygens (including phenoxy) is 3. The Labute approximate surface area is 206 Å². The third-order valence-corrected chi connectivity index (χ3v) is 6.29. The van der Waals surface area contributed by atoms with Crippen LogP contribution in [-0.4, -0.2) is 74.5 Å². The van der Waals surface area contributed by atoms with E-state index in [0.29, 0.717) is 12.8 Å². The molecule has 8 heteroatoms. The third kappa shape index (κ3) is 5.13. The first kappa shape index (κ1) is 23.1. The van der Waals surface area contributed by atoms with Crippen LogP contribution in [-0.2, 0) is 17.7 Å². The number of nitrogens with zero attached hydrogens (tertiary/aromatic N) is 3. The number of guanidine groups is 1. The Balaban J connectivity index is 0.00000245. The van der Waals surface area contributed by atoms with Gasteiger partial charge in [-0.15, -0.1) is 24.0 Å². The largest absolute Gasteiger partial charge is 0.454 e. The predicted octanol–water partition coefficient (Wildman–Crippen LogP) is 2.74. The highest BCUT2D eigenvalue weighted by Gasteiger charge is 2.41. The van der Waals surface area contributed by atoms with E-state index in [9.17, 15) is 0 Å². The van der Waals surface area contributed by atoms with Crippen molar-refractivity contribution in [3.05, 3.63) is 59.7 Å². The lowest BCUT2D eigenvalue weighted by atomic mass is 10.1. The van der Waals surface area contributed by atoms with E-state index in [1.54, 1.807) is 0 Å². The zero-order chi connectivity index (χ0) is 21.0. The van der Waals surface area contributed by atoms with Crippen molar-refractivity contribution in [2.75, 3.05) is 46.6 Å². The smallest absolute Gasteiger partial charge is 0.231 e. The number of nitrogens with one attached hydrogen (secondary N) is 1. The number of rotatable bonds is 5. The van der Waals surface area contributed by atoms with Crippen LogP contribution in [0.25, 0.3) is 0 Å². The molecule has 2 fully saturated rings. The molecule has 0 amide bonds. The second kappa shape index (κ2) is 10.7. The Bertz CT molecular complexity index is 927. The van der Waals surface area contributed by atoms with Gasteiger partial charge in [0.25, 0.3) is 0 Å². The summed E-state index contributed by atoms with van der Waals surface area (Å²) in [5.41, 5.74) is 2.58. The normalized spacial score (nSPS) is 22.4. The molecule has 2 aromatic rings. The summed E-state index contributed by atoms with van der Waals surface area (Å²) in [6.07, 6.45) is 1.12. The minimum atomic E-state index is 0. The monoisotopic (exact) mass is 550 g/mol. The van der Waals surface area contributed by atoms with Crippen LogP contribution in [0.5, 0.6) is 11.5 Å². The van der Waals surface area contributed by atoms with Crippen molar-refractivity contribution in [3.63, 3.8) is 0 Å². The van der Waals surface area contributed by atoms with E-state index >= 15 is 0 Å². The molecule has 0 spiro atoms. The molecule has 3 aliphatic heterocycles. The second-order valence-corrected chi connectivity index (χ2v) is 8.25. The second-order valence-electron chi connectivity index (χ2n) is 8.25. The fourth-order valence-corrected chi connectivity index (χ4v) is 4.69. The molecule has 0 aliphatic carbocycles. The lowest BCUT2D eigenvalue weighted by Crippen LogP contribution is -2.50. The topological polar surface area (TPSA) is 58.6 Å². The van der Waals surface area contributed by atoms with Gasteiger partial charge in [-0.25, -0.2) is 0 Å². The minimum Gasteiger partial charge on any atom is -0.454 e. The first-order valence-corrected chi connectivity index (χ1v) is 11.0. The van der Waals surface area contributed by atoms with Gasteiger partial charge in [0, 0.05) is 39.8 Å². The Morgan fingerprint density at radius 2 is 1.91 bits per heavy atom. The standard InChI is InChI=1S/C24H30N4O3.HI/c1-25-24(26-10-9-18-7-8-21-22(13-18)31-17-30-21)28-15-20-23(16-28)29-12-11-27(20)14-19-5-3-2-4-6-19;/h2-8,13,20,23H,9-12,14-17H2,1H3,(H,25,26);1H.